The standard InChI is InChI=1S/C13H21N5O2S/c1-4-5-6-18-12(19)15-16-13(18)21-8-11-14-10(17-20-11)7-9(2)3/h9H,4-8H2,1-3H3,(H,15,19). The van der Waals surface area contributed by atoms with Crippen LogP contribution in [-0.4, -0.2) is 24.9 Å². The molecule has 0 bridgehead atoms. The lowest BCUT2D eigenvalue weighted by molar-refractivity contribution is 0.382. The van der Waals surface area contributed by atoms with E-state index < -0.39 is 0 Å². The van der Waals surface area contributed by atoms with Crippen molar-refractivity contribution in [2.45, 2.75) is 57.5 Å². The summed E-state index contributed by atoms with van der Waals surface area (Å²) in [5.41, 5.74) is -0.169. The first kappa shape index (κ1) is 15.8. The molecule has 7 nitrogen and oxygen atoms in total. The van der Waals surface area contributed by atoms with Crippen molar-refractivity contribution >= 4 is 11.8 Å². The molecule has 0 amide bonds. The summed E-state index contributed by atoms with van der Waals surface area (Å²) in [6, 6.07) is 0. The number of unbranched alkanes of at least 4 members (excludes halogenated alkanes) is 1. The monoisotopic (exact) mass is 311 g/mol. The lowest BCUT2D eigenvalue weighted by atomic mass is 10.1. The molecule has 0 aliphatic rings. The van der Waals surface area contributed by atoms with Crippen molar-refractivity contribution in [2.24, 2.45) is 5.92 Å². The molecule has 0 aliphatic carbocycles. The number of H-pyrrole nitrogens is 1. The second-order valence-electron chi connectivity index (χ2n) is 5.31. The lowest BCUT2D eigenvalue weighted by Crippen LogP contribution is -2.17. The van der Waals surface area contributed by atoms with E-state index in [2.05, 4.69) is 41.1 Å². The zero-order chi connectivity index (χ0) is 15.2. The number of nitrogens with zero attached hydrogens (tertiary/aromatic N) is 4. The normalized spacial score (nSPS) is 11.4. The van der Waals surface area contributed by atoms with E-state index in [1.165, 1.54) is 11.8 Å². The van der Waals surface area contributed by atoms with Crippen molar-refractivity contribution in [3.05, 3.63) is 22.2 Å². The smallest absolute Gasteiger partial charge is 0.338 e. The Balaban J connectivity index is 1.96. The van der Waals surface area contributed by atoms with Gasteiger partial charge in [0, 0.05) is 13.0 Å². The third-order valence-electron chi connectivity index (χ3n) is 2.88. The Bertz CT molecular complexity index is 616. The maximum atomic E-state index is 11.7. The molecule has 0 radical (unpaired) electrons. The first-order valence-electron chi connectivity index (χ1n) is 7.19. The first-order chi connectivity index (χ1) is 10.1. The maximum Gasteiger partial charge on any atom is 0.343 e. The second-order valence-corrected chi connectivity index (χ2v) is 6.25. The highest BCUT2D eigenvalue weighted by atomic mass is 32.2. The van der Waals surface area contributed by atoms with Gasteiger partial charge in [0.2, 0.25) is 5.89 Å². The van der Waals surface area contributed by atoms with Crippen LogP contribution in [0.1, 0.15) is 45.3 Å². The fraction of sp³-hybridized carbons (Fsp3) is 0.692. The van der Waals surface area contributed by atoms with Gasteiger partial charge in [-0.1, -0.05) is 44.1 Å². The molecule has 2 rings (SSSR count). The summed E-state index contributed by atoms with van der Waals surface area (Å²) in [4.78, 5) is 16.0. The van der Waals surface area contributed by atoms with Gasteiger partial charge in [0.15, 0.2) is 11.0 Å². The molecule has 0 saturated carbocycles. The molecular weight excluding hydrogens is 290 g/mol. The van der Waals surface area contributed by atoms with Gasteiger partial charge in [-0.2, -0.15) is 4.98 Å². The van der Waals surface area contributed by atoms with E-state index in [1.54, 1.807) is 4.57 Å². The number of aromatic amines is 1. The number of aromatic nitrogens is 5. The van der Waals surface area contributed by atoms with Crippen molar-refractivity contribution in [1.82, 2.24) is 24.9 Å². The highest BCUT2D eigenvalue weighted by Crippen LogP contribution is 2.19. The summed E-state index contributed by atoms with van der Waals surface area (Å²) in [6.45, 7) is 6.99. The third kappa shape index (κ3) is 4.45. The summed E-state index contributed by atoms with van der Waals surface area (Å²) in [7, 11) is 0. The Morgan fingerprint density at radius 3 is 2.95 bits per heavy atom. The molecule has 8 heteroatoms. The van der Waals surface area contributed by atoms with Crippen LogP contribution < -0.4 is 5.69 Å². The summed E-state index contributed by atoms with van der Waals surface area (Å²) in [5.74, 6) is 2.30. The lowest BCUT2D eigenvalue weighted by Gasteiger charge is -2.02. The first-order valence-corrected chi connectivity index (χ1v) is 8.18. The fourth-order valence-electron chi connectivity index (χ4n) is 1.85. The van der Waals surface area contributed by atoms with Crippen LogP contribution in [0.4, 0.5) is 0 Å². The van der Waals surface area contributed by atoms with E-state index in [4.69, 9.17) is 4.52 Å². The van der Waals surface area contributed by atoms with Gasteiger partial charge in [0.25, 0.3) is 0 Å². The average molecular weight is 311 g/mol. The Morgan fingerprint density at radius 2 is 2.24 bits per heavy atom. The van der Waals surface area contributed by atoms with Gasteiger partial charge >= 0.3 is 5.69 Å². The Morgan fingerprint density at radius 1 is 1.43 bits per heavy atom. The third-order valence-corrected chi connectivity index (χ3v) is 3.85. The highest BCUT2D eigenvalue weighted by Gasteiger charge is 2.12. The van der Waals surface area contributed by atoms with Gasteiger partial charge in [0.1, 0.15) is 0 Å². The van der Waals surface area contributed by atoms with Gasteiger partial charge in [-0.25, -0.2) is 9.89 Å². The molecule has 0 aromatic carbocycles. The molecule has 0 saturated heterocycles. The zero-order valence-electron chi connectivity index (χ0n) is 12.6. The largest absolute Gasteiger partial charge is 0.343 e. The maximum absolute atomic E-state index is 11.7. The van der Waals surface area contributed by atoms with Crippen LogP contribution in [0.3, 0.4) is 0 Å². The number of nitrogens with one attached hydrogen (secondary N) is 1. The van der Waals surface area contributed by atoms with Crippen LogP contribution in [0.25, 0.3) is 0 Å². The Kier molecular flexibility index (Phi) is 5.60. The van der Waals surface area contributed by atoms with Crippen molar-refractivity contribution in [2.75, 3.05) is 0 Å². The van der Waals surface area contributed by atoms with Crippen LogP contribution in [0.15, 0.2) is 14.5 Å². The summed E-state index contributed by atoms with van der Waals surface area (Å²) < 4.78 is 6.86. The number of hydrogen-bond acceptors (Lipinski definition) is 6. The molecule has 1 N–H and O–H groups in total. The number of hydrogen-bond donors (Lipinski definition) is 1. The van der Waals surface area contributed by atoms with Gasteiger partial charge in [-0.15, -0.1) is 5.10 Å². The summed E-state index contributed by atoms with van der Waals surface area (Å²) in [6.07, 6.45) is 2.79. The van der Waals surface area contributed by atoms with Crippen LogP contribution in [0, 0.1) is 5.92 Å². The summed E-state index contributed by atoms with van der Waals surface area (Å²) in [5, 5.41) is 11.1. The van der Waals surface area contributed by atoms with Crippen molar-refractivity contribution in [3.8, 4) is 0 Å². The molecular formula is C13H21N5O2S. The van der Waals surface area contributed by atoms with E-state index in [0.29, 0.717) is 29.3 Å². The molecule has 2 heterocycles. The Hall–Kier alpha value is -1.57. The minimum Gasteiger partial charge on any atom is -0.338 e. The molecule has 2 aromatic heterocycles. The van der Waals surface area contributed by atoms with E-state index >= 15 is 0 Å². The molecule has 116 valence electrons. The Labute approximate surface area is 127 Å². The van der Waals surface area contributed by atoms with Gasteiger partial charge in [0.05, 0.1) is 5.75 Å². The second kappa shape index (κ2) is 7.44. The van der Waals surface area contributed by atoms with E-state index in [9.17, 15) is 4.79 Å². The summed E-state index contributed by atoms with van der Waals surface area (Å²) >= 11 is 1.43. The predicted molar refractivity (Wildman–Crippen MR) is 80.2 cm³/mol. The van der Waals surface area contributed by atoms with Crippen molar-refractivity contribution in [3.63, 3.8) is 0 Å². The molecule has 0 aliphatic heterocycles. The topological polar surface area (TPSA) is 89.6 Å². The molecule has 21 heavy (non-hydrogen) atoms. The molecule has 0 fully saturated rings. The average Bonchev–Trinajstić information content (AvgIpc) is 3.01. The van der Waals surface area contributed by atoms with Crippen LogP contribution in [0.2, 0.25) is 0 Å². The molecule has 0 atom stereocenters. The number of rotatable bonds is 8. The van der Waals surface area contributed by atoms with Crippen LogP contribution in [0.5, 0.6) is 0 Å². The SMILES string of the molecule is CCCCn1c(SCc2nc(CC(C)C)no2)n[nH]c1=O. The predicted octanol–water partition coefficient (Wildman–Crippen LogP) is 2.25. The number of thioether (sulfide) groups is 1. The highest BCUT2D eigenvalue weighted by molar-refractivity contribution is 7.98. The van der Waals surface area contributed by atoms with Gasteiger partial charge < -0.3 is 4.52 Å². The van der Waals surface area contributed by atoms with E-state index in [-0.39, 0.29) is 5.69 Å². The van der Waals surface area contributed by atoms with Crippen LogP contribution >= 0.6 is 11.8 Å². The minimum absolute atomic E-state index is 0.169. The van der Waals surface area contributed by atoms with Crippen molar-refractivity contribution < 1.29 is 4.52 Å². The molecule has 0 unspecified atom stereocenters. The fourth-order valence-corrected chi connectivity index (χ4v) is 2.66. The van der Waals surface area contributed by atoms with Gasteiger partial charge in [-0.3, -0.25) is 4.57 Å². The quantitative estimate of drug-likeness (QED) is 0.752. The van der Waals surface area contributed by atoms with E-state index in [1.807, 2.05) is 0 Å². The molecule has 0 spiro atoms. The minimum atomic E-state index is -0.169. The van der Waals surface area contributed by atoms with Crippen LogP contribution in [-0.2, 0) is 18.7 Å². The van der Waals surface area contributed by atoms with E-state index in [0.717, 1.165) is 25.1 Å². The zero-order valence-corrected chi connectivity index (χ0v) is 13.4. The van der Waals surface area contributed by atoms with Crippen molar-refractivity contribution in [1.29, 1.82) is 0 Å². The molecule has 2 aromatic rings. The van der Waals surface area contributed by atoms with Gasteiger partial charge in [-0.05, 0) is 12.3 Å².